The summed E-state index contributed by atoms with van der Waals surface area (Å²) in [6.07, 6.45) is 2.11. The van der Waals surface area contributed by atoms with Gasteiger partial charge in [0.25, 0.3) is 5.91 Å². The van der Waals surface area contributed by atoms with Crippen molar-refractivity contribution in [1.82, 2.24) is 4.90 Å². The van der Waals surface area contributed by atoms with E-state index < -0.39 is 6.10 Å². The molecule has 0 aliphatic carbocycles. The summed E-state index contributed by atoms with van der Waals surface area (Å²) >= 11 is 0. The first kappa shape index (κ1) is 19.1. The normalized spacial score (nSPS) is 15.4. The van der Waals surface area contributed by atoms with E-state index in [4.69, 9.17) is 4.74 Å². The summed E-state index contributed by atoms with van der Waals surface area (Å²) in [5.74, 6) is 0.0238. The van der Waals surface area contributed by atoms with Gasteiger partial charge >= 0.3 is 0 Å². The van der Waals surface area contributed by atoms with E-state index in [1.165, 1.54) is 0 Å². The number of amides is 2. The van der Waals surface area contributed by atoms with Crippen LogP contribution in [0.4, 0.5) is 5.69 Å². The molecule has 1 saturated heterocycles. The molecule has 5 nitrogen and oxygen atoms in total. The lowest BCUT2D eigenvalue weighted by Crippen LogP contribution is -2.34. The smallest absolute Gasteiger partial charge is 0.253 e. The molecule has 1 N–H and O–H groups in total. The Morgan fingerprint density at radius 2 is 1.89 bits per heavy atom. The van der Waals surface area contributed by atoms with Crippen LogP contribution in [0.2, 0.25) is 0 Å². The van der Waals surface area contributed by atoms with Gasteiger partial charge in [-0.2, -0.15) is 0 Å². The van der Waals surface area contributed by atoms with E-state index >= 15 is 0 Å². The summed E-state index contributed by atoms with van der Waals surface area (Å²) in [7, 11) is 0. The van der Waals surface area contributed by atoms with Crippen molar-refractivity contribution in [3.05, 3.63) is 65.7 Å². The number of ether oxygens (including phenoxy) is 1. The van der Waals surface area contributed by atoms with Crippen LogP contribution in [0.3, 0.4) is 0 Å². The van der Waals surface area contributed by atoms with Gasteiger partial charge in [-0.15, -0.1) is 0 Å². The minimum atomic E-state index is -0.558. The summed E-state index contributed by atoms with van der Waals surface area (Å²) in [4.78, 5) is 26.3. The van der Waals surface area contributed by atoms with Gasteiger partial charge in [0.1, 0.15) is 6.10 Å². The fraction of sp³-hybridized carbons (Fsp3) is 0.364. The standard InChI is InChI=1S/C22H26N2O3/c1-17(27-16-18-8-3-2-4-9-18)22(26)23-20-11-7-10-19(14-20)15-24-13-6-5-12-21(24)25/h2-4,7-11,14,17H,5-6,12-13,15-16H2,1H3,(H,23,26). The Balaban J connectivity index is 1.53. The van der Waals surface area contributed by atoms with Gasteiger partial charge in [-0.25, -0.2) is 0 Å². The van der Waals surface area contributed by atoms with Gasteiger partial charge in [-0.1, -0.05) is 42.5 Å². The number of rotatable bonds is 7. The minimum absolute atomic E-state index is 0.183. The molecule has 1 atom stereocenters. The van der Waals surface area contributed by atoms with E-state index in [2.05, 4.69) is 5.32 Å². The van der Waals surface area contributed by atoms with Crippen LogP contribution in [0.5, 0.6) is 0 Å². The molecule has 1 unspecified atom stereocenters. The third kappa shape index (κ3) is 5.66. The maximum atomic E-state index is 12.4. The Morgan fingerprint density at radius 3 is 2.67 bits per heavy atom. The fourth-order valence-electron chi connectivity index (χ4n) is 3.11. The quantitative estimate of drug-likeness (QED) is 0.812. The zero-order valence-corrected chi connectivity index (χ0v) is 15.7. The molecular formula is C22H26N2O3. The summed E-state index contributed by atoms with van der Waals surface area (Å²) in [5.41, 5.74) is 2.77. The van der Waals surface area contributed by atoms with E-state index in [0.717, 1.165) is 36.2 Å². The number of anilines is 1. The highest BCUT2D eigenvalue weighted by Crippen LogP contribution is 2.17. The van der Waals surface area contributed by atoms with Crippen molar-refractivity contribution in [2.75, 3.05) is 11.9 Å². The van der Waals surface area contributed by atoms with Crippen LogP contribution in [0.1, 0.15) is 37.3 Å². The van der Waals surface area contributed by atoms with Crippen molar-refractivity contribution in [3.63, 3.8) is 0 Å². The molecule has 142 valence electrons. The molecule has 1 heterocycles. The van der Waals surface area contributed by atoms with Crippen molar-refractivity contribution in [3.8, 4) is 0 Å². The number of carbonyl (C=O) groups excluding carboxylic acids is 2. The van der Waals surface area contributed by atoms with Crippen molar-refractivity contribution >= 4 is 17.5 Å². The van der Waals surface area contributed by atoms with Gasteiger partial charge in [0.15, 0.2) is 0 Å². The Morgan fingerprint density at radius 1 is 1.11 bits per heavy atom. The molecule has 0 radical (unpaired) electrons. The summed E-state index contributed by atoms with van der Waals surface area (Å²) in [6, 6.07) is 17.4. The number of nitrogens with one attached hydrogen (secondary N) is 1. The Hall–Kier alpha value is -2.66. The van der Waals surface area contributed by atoms with Crippen molar-refractivity contribution in [2.24, 2.45) is 0 Å². The molecule has 3 rings (SSSR count). The highest BCUT2D eigenvalue weighted by atomic mass is 16.5. The zero-order valence-electron chi connectivity index (χ0n) is 15.7. The molecule has 0 aromatic heterocycles. The number of likely N-dealkylation sites (tertiary alicyclic amines) is 1. The van der Waals surface area contributed by atoms with Crippen molar-refractivity contribution in [2.45, 2.75) is 45.4 Å². The minimum Gasteiger partial charge on any atom is -0.364 e. The lowest BCUT2D eigenvalue weighted by atomic mass is 10.1. The largest absolute Gasteiger partial charge is 0.364 e. The van der Waals surface area contributed by atoms with E-state index in [1.54, 1.807) is 6.92 Å². The van der Waals surface area contributed by atoms with Crippen molar-refractivity contribution < 1.29 is 14.3 Å². The molecule has 1 aliphatic heterocycles. The van der Waals surface area contributed by atoms with Crippen LogP contribution >= 0.6 is 0 Å². The summed E-state index contributed by atoms with van der Waals surface area (Å²) in [6.45, 7) is 3.53. The first-order valence-electron chi connectivity index (χ1n) is 9.45. The summed E-state index contributed by atoms with van der Waals surface area (Å²) in [5, 5.41) is 2.90. The molecule has 2 aromatic rings. The number of benzene rings is 2. The second-order valence-electron chi connectivity index (χ2n) is 6.90. The molecule has 0 bridgehead atoms. The van der Waals surface area contributed by atoms with Gasteiger partial charge in [0.05, 0.1) is 6.61 Å². The van der Waals surface area contributed by atoms with Gasteiger partial charge in [0.2, 0.25) is 5.91 Å². The number of carbonyl (C=O) groups is 2. The van der Waals surface area contributed by atoms with Gasteiger partial charge in [-0.05, 0) is 43.0 Å². The molecule has 2 aromatic carbocycles. The maximum absolute atomic E-state index is 12.4. The van der Waals surface area contributed by atoms with E-state index in [9.17, 15) is 9.59 Å². The number of hydrogen-bond acceptors (Lipinski definition) is 3. The van der Waals surface area contributed by atoms with Gasteiger partial charge < -0.3 is 15.0 Å². The van der Waals surface area contributed by atoms with E-state index in [1.807, 2.05) is 59.5 Å². The van der Waals surface area contributed by atoms with Crippen molar-refractivity contribution in [1.29, 1.82) is 0 Å². The lowest BCUT2D eigenvalue weighted by molar-refractivity contribution is -0.133. The SMILES string of the molecule is CC(OCc1ccccc1)C(=O)Nc1cccc(CN2CCCCC2=O)c1. The van der Waals surface area contributed by atoms with Crippen LogP contribution in [0.15, 0.2) is 54.6 Å². The predicted octanol–water partition coefficient (Wildman–Crippen LogP) is 3.74. The first-order valence-corrected chi connectivity index (χ1v) is 9.45. The summed E-state index contributed by atoms with van der Waals surface area (Å²) < 4.78 is 5.66. The molecule has 1 fully saturated rings. The van der Waals surface area contributed by atoms with E-state index in [-0.39, 0.29) is 11.8 Å². The topological polar surface area (TPSA) is 58.6 Å². The number of piperidine rings is 1. The highest BCUT2D eigenvalue weighted by molar-refractivity contribution is 5.94. The first-order chi connectivity index (χ1) is 13.1. The molecule has 0 spiro atoms. The van der Waals surface area contributed by atoms with Crippen LogP contribution < -0.4 is 5.32 Å². The molecule has 1 aliphatic rings. The third-order valence-corrected chi connectivity index (χ3v) is 4.70. The average molecular weight is 366 g/mol. The van der Waals surface area contributed by atoms with Gasteiger partial charge in [-0.3, -0.25) is 9.59 Å². The fourth-order valence-corrected chi connectivity index (χ4v) is 3.11. The Bertz CT molecular complexity index is 776. The Labute approximate surface area is 160 Å². The Kier molecular flexibility index (Phi) is 6.60. The monoisotopic (exact) mass is 366 g/mol. The maximum Gasteiger partial charge on any atom is 0.253 e. The highest BCUT2D eigenvalue weighted by Gasteiger charge is 2.18. The number of nitrogens with zero attached hydrogens (tertiary/aromatic N) is 1. The lowest BCUT2D eigenvalue weighted by Gasteiger charge is -2.27. The van der Waals surface area contributed by atoms with E-state index in [0.29, 0.717) is 19.6 Å². The zero-order chi connectivity index (χ0) is 19.1. The van der Waals surface area contributed by atoms with Crippen LogP contribution in [-0.2, 0) is 27.5 Å². The van der Waals surface area contributed by atoms with Crippen LogP contribution in [0, 0.1) is 0 Å². The average Bonchev–Trinajstić information content (AvgIpc) is 2.69. The third-order valence-electron chi connectivity index (χ3n) is 4.70. The molecular weight excluding hydrogens is 340 g/mol. The predicted molar refractivity (Wildman–Crippen MR) is 105 cm³/mol. The number of hydrogen-bond donors (Lipinski definition) is 1. The molecule has 0 saturated carbocycles. The molecule has 27 heavy (non-hydrogen) atoms. The second kappa shape index (κ2) is 9.33. The van der Waals surface area contributed by atoms with Crippen LogP contribution in [0.25, 0.3) is 0 Å². The van der Waals surface area contributed by atoms with Gasteiger partial charge in [0, 0.05) is 25.2 Å². The van der Waals surface area contributed by atoms with Crippen LogP contribution in [-0.4, -0.2) is 29.4 Å². The second-order valence-corrected chi connectivity index (χ2v) is 6.90. The molecule has 2 amide bonds. The molecule has 5 heteroatoms.